The van der Waals surface area contributed by atoms with Crippen LogP contribution in [0.15, 0.2) is 42.5 Å². The van der Waals surface area contributed by atoms with Gasteiger partial charge in [0.25, 0.3) is 0 Å². The van der Waals surface area contributed by atoms with Crippen molar-refractivity contribution in [3.05, 3.63) is 53.8 Å². The van der Waals surface area contributed by atoms with E-state index in [-0.39, 0.29) is 18.3 Å². The van der Waals surface area contributed by atoms with Gasteiger partial charge in [-0.15, -0.1) is 0 Å². The predicted molar refractivity (Wildman–Crippen MR) is 76.9 cm³/mol. The summed E-state index contributed by atoms with van der Waals surface area (Å²) in [5.41, 5.74) is 8.47. The molecule has 1 amide bonds. The van der Waals surface area contributed by atoms with Gasteiger partial charge in [-0.25, -0.2) is 4.39 Å². The maximum atomic E-state index is 13.4. The first-order valence-corrected chi connectivity index (χ1v) is 6.30. The second kappa shape index (κ2) is 4.85. The number of halogens is 1. The standard InChI is InChI=1S/C15H14FN3O/c16-11-5-10(6-12(17)7-11)8-19-9-15(20)18-13-3-1-2-4-14(13)19/h1-7H,8-9,17H2,(H,18,20). The highest BCUT2D eigenvalue weighted by Gasteiger charge is 2.21. The smallest absolute Gasteiger partial charge is 0.243 e. The van der Waals surface area contributed by atoms with Crippen molar-refractivity contribution in [3.8, 4) is 0 Å². The van der Waals surface area contributed by atoms with Gasteiger partial charge in [0.2, 0.25) is 5.91 Å². The van der Waals surface area contributed by atoms with Crippen LogP contribution in [0.2, 0.25) is 0 Å². The molecule has 0 unspecified atom stereocenters. The predicted octanol–water partition coefficient (Wildman–Crippen LogP) is 2.37. The molecule has 0 fully saturated rings. The van der Waals surface area contributed by atoms with Crippen molar-refractivity contribution >= 4 is 23.0 Å². The Balaban J connectivity index is 1.92. The van der Waals surface area contributed by atoms with E-state index in [9.17, 15) is 9.18 Å². The molecule has 1 heterocycles. The molecule has 20 heavy (non-hydrogen) atoms. The largest absolute Gasteiger partial charge is 0.399 e. The fraction of sp³-hybridized carbons (Fsp3) is 0.133. The van der Waals surface area contributed by atoms with E-state index < -0.39 is 0 Å². The maximum Gasteiger partial charge on any atom is 0.243 e. The maximum absolute atomic E-state index is 13.4. The van der Waals surface area contributed by atoms with Crippen LogP contribution < -0.4 is 16.0 Å². The third-order valence-electron chi connectivity index (χ3n) is 3.21. The molecule has 0 saturated heterocycles. The van der Waals surface area contributed by atoms with Crippen molar-refractivity contribution in [1.82, 2.24) is 0 Å². The number of amides is 1. The minimum absolute atomic E-state index is 0.0759. The van der Waals surface area contributed by atoms with Gasteiger partial charge < -0.3 is 16.0 Å². The first kappa shape index (κ1) is 12.5. The number of rotatable bonds is 2. The summed E-state index contributed by atoms with van der Waals surface area (Å²) in [6.45, 7) is 0.680. The Labute approximate surface area is 116 Å². The molecule has 0 bridgehead atoms. The lowest BCUT2D eigenvalue weighted by Crippen LogP contribution is -2.37. The number of nitrogens with one attached hydrogen (secondary N) is 1. The quantitative estimate of drug-likeness (QED) is 0.824. The number of nitrogens with two attached hydrogens (primary N) is 1. The molecular weight excluding hydrogens is 257 g/mol. The molecule has 3 rings (SSSR count). The van der Waals surface area contributed by atoms with Gasteiger partial charge >= 0.3 is 0 Å². The van der Waals surface area contributed by atoms with E-state index in [1.165, 1.54) is 12.1 Å². The second-order valence-corrected chi connectivity index (χ2v) is 4.81. The van der Waals surface area contributed by atoms with Crippen LogP contribution in [0.5, 0.6) is 0 Å². The highest BCUT2D eigenvalue weighted by molar-refractivity contribution is 6.01. The topological polar surface area (TPSA) is 58.4 Å². The Morgan fingerprint density at radius 2 is 2.05 bits per heavy atom. The van der Waals surface area contributed by atoms with Crippen LogP contribution >= 0.6 is 0 Å². The van der Waals surface area contributed by atoms with E-state index >= 15 is 0 Å². The molecule has 5 heteroatoms. The zero-order valence-electron chi connectivity index (χ0n) is 10.8. The van der Waals surface area contributed by atoms with Gasteiger partial charge in [0.05, 0.1) is 17.9 Å². The normalized spacial score (nSPS) is 13.8. The monoisotopic (exact) mass is 271 g/mol. The van der Waals surface area contributed by atoms with Crippen LogP contribution in [0.4, 0.5) is 21.5 Å². The van der Waals surface area contributed by atoms with Crippen LogP contribution in [0, 0.1) is 5.82 Å². The summed E-state index contributed by atoms with van der Waals surface area (Å²) in [5.74, 6) is -0.442. The molecule has 0 aromatic heterocycles. The summed E-state index contributed by atoms with van der Waals surface area (Å²) in [5, 5.41) is 2.82. The first-order chi connectivity index (χ1) is 9.61. The van der Waals surface area contributed by atoms with Crippen LogP contribution in [0.25, 0.3) is 0 Å². The molecule has 102 valence electrons. The van der Waals surface area contributed by atoms with Crippen LogP contribution in [0.1, 0.15) is 5.56 Å². The van der Waals surface area contributed by atoms with Gasteiger partial charge in [-0.2, -0.15) is 0 Å². The molecule has 2 aromatic carbocycles. The number of nitrogen functional groups attached to an aromatic ring is 1. The third-order valence-corrected chi connectivity index (χ3v) is 3.21. The van der Waals surface area contributed by atoms with Crippen molar-refractivity contribution in [2.24, 2.45) is 0 Å². The van der Waals surface area contributed by atoms with Crippen LogP contribution in [-0.4, -0.2) is 12.5 Å². The Morgan fingerprint density at radius 3 is 2.85 bits per heavy atom. The highest BCUT2D eigenvalue weighted by atomic mass is 19.1. The van der Waals surface area contributed by atoms with E-state index in [1.54, 1.807) is 6.07 Å². The van der Waals surface area contributed by atoms with Crippen LogP contribution in [0.3, 0.4) is 0 Å². The number of hydrogen-bond acceptors (Lipinski definition) is 3. The van der Waals surface area contributed by atoms with E-state index in [2.05, 4.69) is 5.32 Å². The minimum Gasteiger partial charge on any atom is -0.399 e. The Kier molecular flexibility index (Phi) is 3.02. The SMILES string of the molecule is Nc1cc(F)cc(CN2CC(=O)Nc3ccccc32)c1. The fourth-order valence-corrected chi connectivity index (χ4v) is 2.43. The Bertz CT molecular complexity index is 652. The van der Waals surface area contributed by atoms with E-state index in [0.29, 0.717) is 12.2 Å². The zero-order valence-corrected chi connectivity index (χ0v) is 10.8. The summed E-state index contributed by atoms with van der Waals surface area (Å²) in [7, 11) is 0. The Morgan fingerprint density at radius 1 is 1.25 bits per heavy atom. The number of nitrogens with zero attached hydrogens (tertiary/aromatic N) is 1. The summed E-state index contributed by atoms with van der Waals surface area (Å²) < 4.78 is 13.4. The minimum atomic E-state index is -0.366. The molecule has 0 spiro atoms. The van der Waals surface area contributed by atoms with E-state index in [1.807, 2.05) is 29.2 Å². The number of benzene rings is 2. The van der Waals surface area contributed by atoms with Gasteiger partial charge in [-0.05, 0) is 35.9 Å². The lowest BCUT2D eigenvalue weighted by Gasteiger charge is -2.31. The number of para-hydroxylation sites is 2. The zero-order chi connectivity index (χ0) is 14.1. The Hall–Kier alpha value is -2.56. The van der Waals surface area contributed by atoms with Crippen molar-refractivity contribution in [2.45, 2.75) is 6.54 Å². The number of hydrogen-bond donors (Lipinski definition) is 2. The number of carbonyl (C=O) groups excluding carboxylic acids is 1. The summed E-state index contributed by atoms with van der Waals surface area (Å²) in [4.78, 5) is 13.6. The van der Waals surface area contributed by atoms with Gasteiger partial charge in [-0.3, -0.25) is 4.79 Å². The number of carbonyl (C=O) groups is 1. The molecule has 0 radical (unpaired) electrons. The van der Waals surface area contributed by atoms with Crippen LogP contribution in [-0.2, 0) is 11.3 Å². The molecule has 1 aliphatic rings. The third kappa shape index (κ3) is 2.42. The van der Waals surface area contributed by atoms with Gasteiger partial charge in [0, 0.05) is 12.2 Å². The molecule has 3 N–H and O–H groups in total. The van der Waals surface area contributed by atoms with Crippen molar-refractivity contribution in [1.29, 1.82) is 0 Å². The number of fused-ring (bicyclic) bond motifs is 1. The average molecular weight is 271 g/mol. The summed E-state index contributed by atoms with van der Waals surface area (Å²) in [6.07, 6.45) is 0. The lowest BCUT2D eigenvalue weighted by atomic mass is 10.1. The molecule has 1 aliphatic heterocycles. The number of anilines is 3. The molecule has 4 nitrogen and oxygen atoms in total. The second-order valence-electron chi connectivity index (χ2n) is 4.81. The van der Waals surface area contributed by atoms with Crippen molar-refractivity contribution in [3.63, 3.8) is 0 Å². The first-order valence-electron chi connectivity index (χ1n) is 6.30. The van der Waals surface area contributed by atoms with E-state index in [4.69, 9.17) is 5.73 Å². The molecule has 2 aromatic rings. The average Bonchev–Trinajstić information content (AvgIpc) is 2.37. The molecule has 0 aliphatic carbocycles. The summed E-state index contributed by atoms with van der Waals surface area (Å²) in [6, 6.07) is 12.0. The highest BCUT2D eigenvalue weighted by Crippen LogP contribution is 2.30. The fourth-order valence-electron chi connectivity index (χ4n) is 2.43. The lowest BCUT2D eigenvalue weighted by molar-refractivity contribution is -0.115. The van der Waals surface area contributed by atoms with E-state index in [0.717, 1.165) is 16.9 Å². The van der Waals surface area contributed by atoms with Gasteiger partial charge in [0.1, 0.15) is 5.82 Å². The summed E-state index contributed by atoms with van der Waals surface area (Å²) >= 11 is 0. The van der Waals surface area contributed by atoms with Gasteiger partial charge in [0.15, 0.2) is 0 Å². The molecule has 0 atom stereocenters. The molecule has 0 saturated carbocycles. The molecular formula is C15H14FN3O. The van der Waals surface area contributed by atoms with Crippen molar-refractivity contribution in [2.75, 3.05) is 22.5 Å². The van der Waals surface area contributed by atoms with Crippen molar-refractivity contribution < 1.29 is 9.18 Å². The van der Waals surface area contributed by atoms with Gasteiger partial charge in [-0.1, -0.05) is 12.1 Å².